The van der Waals surface area contributed by atoms with Crippen LogP contribution in [-0.2, 0) is 19.4 Å². The van der Waals surface area contributed by atoms with Gasteiger partial charge in [0.15, 0.2) is 15.0 Å². The summed E-state index contributed by atoms with van der Waals surface area (Å²) in [5.74, 6) is -1.20. The first-order valence-corrected chi connectivity index (χ1v) is 11.4. The van der Waals surface area contributed by atoms with Crippen LogP contribution in [0.1, 0.15) is 30.4 Å². The Morgan fingerprint density at radius 1 is 1.19 bits per heavy atom. The number of carbonyl (C=O) groups excluding carboxylic acids is 1. The standard InChI is InChI=1S/C18H22N2O5S2/c1-11-6-12(2)8-13(7-11)20-14-9-27(24,25)10-15(14)26-18(20)19-16(21)4-3-5-17(22)23/h6-8,14-15H,3-5,9-10H2,1-2H3,(H,22,23)/t14-,15+/m0/s1. The van der Waals surface area contributed by atoms with E-state index in [1.54, 1.807) is 0 Å². The number of hydrogen-bond acceptors (Lipinski definition) is 5. The molecule has 1 N–H and O–H groups in total. The van der Waals surface area contributed by atoms with Crippen LogP contribution in [0.4, 0.5) is 5.69 Å². The van der Waals surface area contributed by atoms with Crippen molar-refractivity contribution in [1.82, 2.24) is 0 Å². The maximum absolute atomic E-state index is 12.2. The molecular formula is C18H22N2O5S2. The van der Waals surface area contributed by atoms with E-state index in [9.17, 15) is 18.0 Å². The molecule has 1 amide bonds. The van der Waals surface area contributed by atoms with Gasteiger partial charge in [0.1, 0.15) is 0 Å². The zero-order valence-corrected chi connectivity index (χ0v) is 16.8. The summed E-state index contributed by atoms with van der Waals surface area (Å²) in [7, 11) is -3.11. The summed E-state index contributed by atoms with van der Waals surface area (Å²) in [5, 5.41) is 9.05. The van der Waals surface area contributed by atoms with Crippen LogP contribution in [0, 0.1) is 13.8 Å². The number of sulfone groups is 1. The fourth-order valence-electron chi connectivity index (χ4n) is 3.51. The van der Waals surface area contributed by atoms with Crippen molar-refractivity contribution in [1.29, 1.82) is 0 Å². The van der Waals surface area contributed by atoms with Crippen LogP contribution in [0.3, 0.4) is 0 Å². The van der Waals surface area contributed by atoms with E-state index in [1.165, 1.54) is 11.8 Å². The van der Waals surface area contributed by atoms with Crippen molar-refractivity contribution in [3.05, 3.63) is 29.3 Å². The average Bonchev–Trinajstić information content (AvgIpc) is 2.96. The third-order valence-corrected chi connectivity index (χ3v) is 7.76. The van der Waals surface area contributed by atoms with Crippen LogP contribution in [0.5, 0.6) is 0 Å². The highest BCUT2D eigenvalue weighted by Crippen LogP contribution is 2.41. The predicted octanol–water partition coefficient (Wildman–Crippen LogP) is 2.16. The Balaban J connectivity index is 1.89. The second kappa shape index (κ2) is 7.63. The quantitative estimate of drug-likeness (QED) is 0.793. The van der Waals surface area contributed by atoms with Gasteiger partial charge in [0.25, 0.3) is 0 Å². The van der Waals surface area contributed by atoms with E-state index in [0.29, 0.717) is 5.17 Å². The number of benzene rings is 1. The molecule has 2 saturated heterocycles. The monoisotopic (exact) mass is 410 g/mol. The van der Waals surface area contributed by atoms with E-state index >= 15 is 0 Å². The number of carboxylic acid groups (broad SMARTS) is 1. The van der Waals surface area contributed by atoms with Crippen molar-refractivity contribution >= 4 is 44.3 Å². The number of fused-ring (bicyclic) bond motifs is 1. The van der Waals surface area contributed by atoms with Crippen LogP contribution < -0.4 is 4.90 Å². The van der Waals surface area contributed by atoms with Crippen LogP contribution in [0.2, 0.25) is 0 Å². The van der Waals surface area contributed by atoms with Gasteiger partial charge in [-0.05, 0) is 43.5 Å². The van der Waals surface area contributed by atoms with Gasteiger partial charge in [0.2, 0.25) is 5.91 Å². The number of rotatable bonds is 5. The van der Waals surface area contributed by atoms with Crippen molar-refractivity contribution < 1.29 is 23.1 Å². The molecule has 9 heteroatoms. The van der Waals surface area contributed by atoms with Crippen molar-refractivity contribution in [2.24, 2.45) is 4.99 Å². The Morgan fingerprint density at radius 2 is 1.85 bits per heavy atom. The zero-order chi connectivity index (χ0) is 19.8. The molecule has 7 nitrogen and oxygen atoms in total. The number of thioether (sulfide) groups is 1. The van der Waals surface area contributed by atoms with Crippen molar-refractivity contribution in [2.45, 2.75) is 44.4 Å². The molecule has 2 aliphatic rings. The van der Waals surface area contributed by atoms with Gasteiger partial charge in [0.05, 0.1) is 17.5 Å². The van der Waals surface area contributed by atoms with E-state index in [0.717, 1.165) is 16.8 Å². The molecule has 1 aromatic carbocycles. The fourth-order valence-corrected chi connectivity index (χ4v) is 7.44. The van der Waals surface area contributed by atoms with Gasteiger partial charge in [-0.3, -0.25) is 9.59 Å². The number of aliphatic carboxylic acids is 1. The molecule has 0 saturated carbocycles. The number of aliphatic imine (C=N–C) groups is 1. The van der Waals surface area contributed by atoms with Gasteiger partial charge >= 0.3 is 5.97 Å². The van der Waals surface area contributed by atoms with Crippen molar-refractivity contribution in [3.63, 3.8) is 0 Å². The smallest absolute Gasteiger partial charge is 0.303 e. The van der Waals surface area contributed by atoms with Gasteiger partial charge in [-0.25, -0.2) is 8.42 Å². The molecule has 146 valence electrons. The molecule has 3 rings (SSSR count). The van der Waals surface area contributed by atoms with E-state index in [-0.39, 0.29) is 48.0 Å². The predicted molar refractivity (Wildman–Crippen MR) is 106 cm³/mol. The Labute approximate surface area is 162 Å². The molecule has 2 heterocycles. The maximum Gasteiger partial charge on any atom is 0.303 e. The minimum Gasteiger partial charge on any atom is -0.481 e. The number of hydrogen-bond donors (Lipinski definition) is 1. The maximum atomic E-state index is 12.2. The van der Waals surface area contributed by atoms with Gasteiger partial charge in [-0.1, -0.05) is 17.8 Å². The lowest BCUT2D eigenvalue weighted by Crippen LogP contribution is -2.37. The molecular weight excluding hydrogens is 388 g/mol. The van der Waals surface area contributed by atoms with Crippen molar-refractivity contribution in [2.75, 3.05) is 16.4 Å². The molecule has 0 aliphatic carbocycles. The SMILES string of the molecule is Cc1cc(C)cc(N2C(=NC(=O)CCCC(=O)O)S[C@@H]3CS(=O)(=O)C[C@@H]32)c1. The topological polar surface area (TPSA) is 104 Å². The molecule has 1 aromatic rings. The Morgan fingerprint density at radius 3 is 2.48 bits per heavy atom. The second-order valence-corrected chi connectivity index (χ2v) is 10.4. The first-order chi connectivity index (χ1) is 12.6. The summed E-state index contributed by atoms with van der Waals surface area (Å²) in [4.78, 5) is 28.9. The Kier molecular flexibility index (Phi) is 5.62. The summed E-state index contributed by atoms with van der Waals surface area (Å²) in [6.45, 7) is 3.94. The molecule has 2 fully saturated rings. The molecule has 0 unspecified atom stereocenters. The second-order valence-electron chi connectivity index (χ2n) is 7.05. The molecule has 0 aromatic heterocycles. The van der Waals surface area contributed by atoms with Gasteiger partial charge in [0, 0.05) is 23.8 Å². The molecule has 27 heavy (non-hydrogen) atoms. The highest BCUT2D eigenvalue weighted by atomic mass is 32.2. The van der Waals surface area contributed by atoms with Crippen molar-refractivity contribution in [3.8, 4) is 0 Å². The summed E-state index contributed by atoms with van der Waals surface area (Å²) >= 11 is 1.33. The summed E-state index contributed by atoms with van der Waals surface area (Å²) in [6.07, 6.45) is 0.221. The number of amidine groups is 1. The van der Waals surface area contributed by atoms with Gasteiger partial charge in [-0.2, -0.15) is 4.99 Å². The highest BCUT2D eigenvalue weighted by molar-refractivity contribution is 8.16. The summed E-state index contributed by atoms with van der Waals surface area (Å²) in [6, 6.07) is 5.71. The third-order valence-electron chi connectivity index (χ3n) is 4.55. The van der Waals surface area contributed by atoms with Crippen LogP contribution >= 0.6 is 11.8 Å². The minimum absolute atomic E-state index is 0.0455. The molecule has 0 radical (unpaired) electrons. The first-order valence-electron chi connectivity index (χ1n) is 8.72. The minimum atomic E-state index is -3.11. The number of amides is 1. The Hall–Kier alpha value is -1.87. The van der Waals surface area contributed by atoms with E-state index < -0.39 is 15.8 Å². The lowest BCUT2D eigenvalue weighted by atomic mass is 10.1. The largest absolute Gasteiger partial charge is 0.481 e. The lowest BCUT2D eigenvalue weighted by Gasteiger charge is -2.25. The average molecular weight is 411 g/mol. The third kappa shape index (κ3) is 4.70. The molecule has 2 aliphatic heterocycles. The normalized spacial score (nSPS) is 25.0. The van der Waals surface area contributed by atoms with Crippen LogP contribution in [0.15, 0.2) is 23.2 Å². The number of nitrogens with zero attached hydrogens (tertiary/aromatic N) is 2. The first kappa shape index (κ1) is 19.9. The van der Waals surface area contributed by atoms with Crippen LogP contribution in [-0.4, -0.2) is 53.4 Å². The number of aryl methyl sites for hydroxylation is 2. The van der Waals surface area contributed by atoms with E-state index in [1.807, 2.05) is 36.9 Å². The number of carbonyl (C=O) groups is 2. The molecule has 0 bridgehead atoms. The molecule has 0 spiro atoms. The van der Waals surface area contributed by atoms with E-state index in [4.69, 9.17) is 5.11 Å². The summed E-state index contributed by atoms with van der Waals surface area (Å²) in [5.41, 5.74) is 2.93. The zero-order valence-electron chi connectivity index (χ0n) is 15.2. The number of anilines is 1. The highest BCUT2D eigenvalue weighted by Gasteiger charge is 2.49. The van der Waals surface area contributed by atoms with E-state index in [2.05, 4.69) is 4.99 Å². The molecule has 2 atom stereocenters. The van der Waals surface area contributed by atoms with Crippen LogP contribution in [0.25, 0.3) is 0 Å². The Bertz CT molecular complexity index is 890. The van der Waals surface area contributed by atoms with Gasteiger partial charge in [-0.15, -0.1) is 0 Å². The summed E-state index contributed by atoms with van der Waals surface area (Å²) < 4.78 is 24.2. The van der Waals surface area contributed by atoms with Gasteiger partial charge < -0.3 is 10.0 Å². The number of carboxylic acids is 1. The lowest BCUT2D eigenvalue weighted by molar-refractivity contribution is -0.137. The fraction of sp³-hybridized carbons (Fsp3) is 0.500.